The minimum Gasteiger partial charge on any atom is -0.374 e. The van der Waals surface area contributed by atoms with E-state index in [0.717, 1.165) is 61.1 Å². The van der Waals surface area contributed by atoms with Crippen LogP contribution in [0.3, 0.4) is 0 Å². The fourth-order valence-corrected chi connectivity index (χ4v) is 20.5. The van der Waals surface area contributed by atoms with Crippen LogP contribution in [0.2, 0.25) is 18.1 Å². The zero-order valence-corrected chi connectivity index (χ0v) is 38.0. The van der Waals surface area contributed by atoms with E-state index in [9.17, 15) is 0 Å². The molecule has 0 bridgehead atoms. The molecule has 0 aromatic heterocycles. The van der Waals surface area contributed by atoms with Gasteiger partial charge in [-0.05, 0) is 104 Å². The van der Waals surface area contributed by atoms with Crippen LogP contribution in [0, 0.1) is 0 Å². The maximum absolute atomic E-state index is 6.17. The summed E-state index contributed by atoms with van der Waals surface area (Å²) in [6.45, 7) is 23.8. The monoisotopic (exact) mass is 816 g/mol. The lowest BCUT2D eigenvalue weighted by Crippen LogP contribution is -2.46. The molecule has 1 unspecified atom stereocenters. The van der Waals surface area contributed by atoms with Crippen molar-refractivity contribution in [1.82, 2.24) is 0 Å². The predicted molar refractivity (Wildman–Crippen MR) is 216 cm³/mol. The van der Waals surface area contributed by atoms with Crippen LogP contribution in [0.25, 0.3) is 0 Å². The fraction of sp³-hybridized carbons (Fsp3) is 1.00. The third kappa shape index (κ3) is 23.3. The van der Waals surface area contributed by atoms with E-state index in [1.54, 1.807) is 0 Å². The summed E-state index contributed by atoms with van der Waals surface area (Å²) in [7, 11) is 1.95. The highest BCUT2D eigenvalue weighted by Gasteiger charge is 2.42. The highest BCUT2D eigenvalue weighted by atomic mass is 33.5. The number of hydrogen-bond acceptors (Lipinski definition) is 14. The highest BCUT2D eigenvalue weighted by molar-refractivity contribution is 9.09. The van der Waals surface area contributed by atoms with Gasteiger partial charge in [-0.15, -0.1) is 0 Å². The van der Waals surface area contributed by atoms with Crippen LogP contribution in [0.1, 0.15) is 94.4 Å². The van der Waals surface area contributed by atoms with Gasteiger partial charge in [0.2, 0.25) is 0 Å². The average molecular weight is 817 g/mol. The molecule has 284 valence electrons. The van der Waals surface area contributed by atoms with Gasteiger partial charge in [0.05, 0.1) is 0 Å². The molecule has 0 saturated carbocycles. The average Bonchev–Trinajstić information content (AvgIpc) is 3.03. The third-order valence-electron chi connectivity index (χ3n) is 6.53. The smallest absolute Gasteiger partial charge is 0.374 e. The number of hydrogen-bond donors (Lipinski definition) is 0. The zero-order chi connectivity index (χ0) is 35.1. The molecular weight excluding hydrogens is 749 g/mol. The van der Waals surface area contributed by atoms with Gasteiger partial charge in [0.25, 0.3) is 0 Å². The van der Waals surface area contributed by atoms with Gasteiger partial charge in [-0.25, -0.2) is 0 Å². The molecule has 1 atom stereocenters. The van der Waals surface area contributed by atoms with Crippen LogP contribution in [0.4, 0.5) is 0 Å². The van der Waals surface area contributed by atoms with E-state index in [1.807, 2.05) is 115 Å². The van der Waals surface area contributed by atoms with Gasteiger partial charge in [0, 0.05) is 100 Å². The summed E-state index contributed by atoms with van der Waals surface area (Å²) >= 11 is 0. The largest absolute Gasteiger partial charge is 0.500 e. The molecule has 47 heavy (non-hydrogen) atoms. The second-order valence-corrected chi connectivity index (χ2v) is 25.5. The Morgan fingerprint density at radius 3 is 1.06 bits per heavy atom. The first kappa shape index (κ1) is 49.0. The van der Waals surface area contributed by atoms with Gasteiger partial charge in [-0.3, -0.25) is 0 Å². The summed E-state index contributed by atoms with van der Waals surface area (Å²) < 4.78 is 54.6. The van der Waals surface area contributed by atoms with E-state index in [0.29, 0.717) is 64.7 Å². The zero-order valence-electron chi connectivity index (χ0n) is 30.9. The van der Waals surface area contributed by atoms with Crippen LogP contribution in [-0.4, -0.2) is 108 Å². The molecule has 0 aromatic rings. The molecule has 0 radical (unpaired) electrons. The van der Waals surface area contributed by atoms with E-state index >= 15 is 0 Å². The maximum atomic E-state index is 6.17. The van der Waals surface area contributed by atoms with Crippen LogP contribution in [0.15, 0.2) is 0 Å². The Morgan fingerprint density at radius 1 is 0.383 bits per heavy atom. The lowest BCUT2D eigenvalue weighted by molar-refractivity contribution is 0.0701. The van der Waals surface area contributed by atoms with Crippen molar-refractivity contribution in [3.8, 4) is 0 Å². The summed E-state index contributed by atoms with van der Waals surface area (Å²) in [5.41, 5.74) is 0. The summed E-state index contributed by atoms with van der Waals surface area (Å²) in [5, 5.41) is 0.505. The first-order valence-electron chi connectivity index (χ1n) is 17.8. The molecule has 0 aliphatic heterocycles. The lowest BCUT2D eigenvalue weighted by atomic mass is 10.2. The molecule has 0 saturated heterocycles. The second kappa shape index (κ2) is 32.7. The van der Waals surface area contributed by atoms with Crippen LogP contribution in [0.5, 0.6) is 0 Å². The van der Waals surface area contributed by atoms with Crippen LogP contribution in [-0.2, 0) is 39.8 Å². The van der Waals surface area contributed by atoms with Gasteiger partial charge >= 0.3 is 26.4 Å². The topological polar surface area (TPSA) is 83.1 Å². The maximum Gasteiger partial charge on any atom is 0.500 e. The minimum absolute atomic E-state index is 0.505. The Bertz CT molecular complexity index is 648. The summed E-state index contributed by atoms with van der Waals surface area (Å²) in [6.07, 6.45) is 5.41. The molecule has 0 aliphatic carbocycles. The van der Waals surface area contributed by atoms with Gasteiger partial charge in [-0.2, -0.15) is 0 Å². The van der Waals surface area contributed by atoms with Crippen molar-refractivity contribution < 1.29 is 39.8 Å². The third-order valence-corrected chi connectivity index (χ3v) is 23.3. The van der Waals surface area contributed by atoms with Crippen molar-refractivity contribution in [2.75, 3.05) is 76.7 Å². The quantitative estimate of drug-likeness (QED) is 0.0339. The first-order valence-corrected chi connectivity index (χ1v) is 29.8. The first-order chi connectivity index (χ1) is 22.8. The van der Waals surface area contributed by atoms with Crippen LogP contribution >= 0.6 is 53.0 Å². The van der Waals surface area contributed by atoms with Crippen molar-refractivity contribution in [2.45, 2.75) is 118 Å². The standard InChI is InChI=1S/C30H68O9S5Si3/c1-10-31-45(32-11-2,33-12-3)27-20-25-41-40-24-19-22-30(23-29-47(37-16-7,38-17-8)39-18-9)43-44-42-26-21-28-46(34-13-4,35-14-5)36-15-6/h30H,10-29H2,1-9H3. The predicted octanol–water partition coefficient (Wildman–Crippen LogP) is 9.86. The molecule has 0 heterocycles. The van der Waals surface area contributed by atoms with Gasteiger partial charge in [-0.1, -0.05) is 43.2 Å². The summed E-state index contributed by atoms with van der Waals surface area (Å²) in [5.74, 6) is 3.24. The number of rotatable bonds is 37. The van der Waals surface area contributed by atoms with E-state index in [-0.39, 0.29) is 0 Å². The highest BCUT2D eigenvalue weighted by Crippen LogP contribution is 2.42. The molecule has 9 nitrogen and oxygen atoms in total. The SMILES string of the molecule is CCO[Si](CCCSSCCCC(CC[Si](OCC)(OCC)OCC)SSSCCC[Si](OCC)(OCC)OCC)(OCC)OCC. The van der Waals surface area contributed by atoms with E-state index in [2.05, 4.69) is 0 Å². The van der Waals surface area contributed by atoms with Gasteiger partial charge < -0.3 is 39.8 Å². The minimum atomic E-state index is -2.67. The Morgan fingerprint density at radius 2 is 0.702 bits per heavy atom. The summed E-state index contributed by atoms with van der Waals surface area (Å²) in [4.78, 5) is 0. The van der Waals surface area contributed by atoms with Crippen molar-refractivity contribution in [2.24, 2.45) is 0 Å². The van der Waals surface area contributed by atoms with Crippen molar-refractivity contribution >= 4 is 79.4 Å². The summed E-state index contributed by atoms with van der Waals surface area (Å²) in [6, 6.07) is 2.58. The van der Waals surface area contributed by atoms with Gasteiger partial charge in [0.1, 0.15) is 0 Å². The molecule has 0 fully saturated rings. The Labute approximate surface area is 311 Å². The second-order valence-electron chi connectivity index (χ2n) is 10.1. The Kier molecular flexibility index (Phi) is 34.1. The molecule has 17 heteroatoms. The van der Waals surface area contributed by atoms with E-state index in [1.165, 1.54) is 6.42 Å². The van der Waals surface area contributed by atoms with Crippen molar-refractivity contribution in [3.05, 3.63) is 0 Å². The van der Waals surface area contributed by atoms with E-state index < -0.39 is 26.4 Å². The van der Waals surface area contributed by atoms with Crippen molar-refractivity contribution in [3.63, 3.8) is 0 Å². The van der Waals surface area contributed by atoms with Crippen molar-refractivity contribution in [1.29, 1.82) is 0 Å². The molecule has 0 rings (SSSR count). The normalized spacial score (nSPS) is 13.5. The van der Waals surface area contributed by atoms with Crippen LogP contribution < -0.4 is 0 Å². The van der Waals surface area contributed by atoms with E-state index in [4.69, 9.17) is 39.8 Å². The molecule has 0 aliphatic rings. The fourth-order valence-electron chi connectivity index (χ4n) is 4.88. The Balaban J connectivity index is 4.94. The molecule has 0 spiro atoms. The molecule has 0 aromatic carbocycles. The Hall–Kier alpha value is 2.04. The van der Waals surface area contributed by atoms with Gasteiger partial charge in [0.15, 0.2) is 0 Å². The lowest BCUT2D eigenvalue weighted by Gasteiger charge is -2.29. The molecule has 0 amide bonds. The molecular formula is C30H68O9S5Si3. The molecule has 0 N–H and O–H groups in total.